The van der Waals surface area contributed by atoms with Gasteiger partial charge in [-0.1, -0.05) is 29.8 Å². The molecule has 4 heteroatoms. The van der Waals surface area contributed by atoms with Crippen molar-refractivity contribution >= 4 is 11.7 Å². The minimum Gasteiger partial charge on any atom is -0.385 e. The van der Waals surface area contributed by atoms with Gasteiger partial charge in [0.25, 0.3) is 0 Å². The van der Waals surface area contributed by atoms with E-state index in [0.717, 1.165) is 11.1 Å². The predicted octanol–water partition coefficient (Wildman–Crippen LogP) is 1.44. The number of hydrogen-bond acceptors (Lipinski definition) is 3. The summed E-state index contributed by atoms with van der Waals surface area (Å²) >= 11 is 0. The third-order valence-electron chi connectivity index (χ3n) is 3.65. The van der Waals surface area contributed by atoms with Crippen LogP contribution in [-0.2, 0) is 15.1 Å². The molecule has 19 heavy (non-hydrogen) atoms. The SMILES string of the molecule is CC(=O)NC1(c2cccc(C)c2)CCCC(O)C1=O. The minimum absolute atomic E-state index is 0.260. The van der Waals surface area contributed by atoms with Crippen molar-refractivity contribution in [1.82, 2.24) is 5.32 Å². The van der Waals surface area contributed by atoms with Gasteiger partial charge in [0.1, 0.15) is 11.6 Å². The summed E-state index contributed by atoms with van der Waals surface area (Å²) in [6, 6.07) is 7.53. The smallest absolute Gasteiger partial charge is 0.217 e. The molecular formula is C15H19NO3. The van der Waals surface area contributed by atoms with Crippen LogP contribution < -0.4 is 5.32 Å². The molecule has 0 aromatic heterocycles. The van der Waals surface area contributed by atoms with Crippen LogP contribution in [0.3, 0.4) is 0 Å². The number of hydrogen-bond donors (Lipinski definition) is 2. The van der Waals surface area contributed by atoms with Crippen molar-refractivity contribution in [3.05, 3.63) is 35.4 Å². The standard InChI is InChI=1S/C15H19NO3/c1-10-5-3-6-12(9-10)15(16-11(2)17)8-4-7-13(18)14(15)19/h3,5-6,9,13,18H,4,7-8H2,1-2H3,(H,16,17). The van der Waals surface area contributed by atoms with Crippen molar-refractivity contribution in [2.75, 3.05) is 0 Å². The monoisotopic (exact) mass is 261 g/mol. The van der Waals surface area contributed by atoms with Crippen LogP contribution in [0.5, 0.6) is 0 Å². The van der Waals surface area contributed by atoms with E-state index in [9.17, 15) is 14.7 Å². The fraction of sp³-hybridized carbons (Fsp3) is 0.467. The van der Waals surface area contributed by atoms with Crippen LogP contribution in [0.1, 0.15) is 37.3 Å². The van der Waals surface area contributed by atoms with E-state index >= 15 is 0 Å². The second kappa shape index (κ2) is 5.13. The number of aryl methyl sites for hydroxylation is 1. The highest BCUT2D eigenvalue weighted by atomic mass is 16.3. The molecule has 2 rings (SSSR count). The molecule has 0 saturated heterocycles. The number of carbonyl (C=O) groups is 2. The van der Waals surface area contributed by atoms with Gasteiger partial charge in [-0.05, 0) is 31.7 Å². The summed E-state index contributed by atoms with van der Waals surface area (Å²) in [5, 5.41) is 12.6. The number of aliphatic hydroxyl groups is 1. The zero-order chi connectivity index (χ0) is 14.0. The Bertz CT molecular complexity index is 512. The summed E-state index contributed by atoms with van der Waals surface area (Å²) in [6.07, 6.45) is 0.708. The molecule has 0 bridgehead atoms. The Balaban J connectivity index is 2.51. The van der Waals surface area contributed by atoms with Crippen molar-refractivity contribution in [3.8, 4) is 0 Å². The van der Waals surface area contributed by atoms with E-state index in [2.05, 4.69) is 5.32 Å². The number of carbonyl (C=O) groups excluding carboxylic acids is 2. The third-order valence-corrected chi connectivity index (χ3v) is 3.65. The van der Waals surface area contributed by atoms with Crippen LogP contribution in [0.15, 0.2) is 24.3 Å². The van der Waals surface area contributed by atoms with E-state index in [1.54, 1.807) is 0 Å². The lowest BCUT2D eigenvalue weighted by Gasteiger charge is -2.38. The Labute approximate surface area is 112 Å². The average molecular weight is 261 g/mol. The highest BCUT2D eigenvalue weighted by Gasteiger charge is 2.46. The first kappa shape index (κ1) is 13.7. The highest BCUT2D eigenvalue weighted by molar-refractivity contribution is 5.97. The molecule has 1 aliphatic rings. The van der Waals surface area contributed by atoms with Crippen LogP contribution in [0.25, 0.3) is 0 Å². The average Bonchev–Trinajstić information content (AvgIpc) is 2.34. The van der Waals surface area contributed by atoms with E-state index in [-0.39, 0.29) is 11.7 Å². The number of benzene rings is 1. The molecule has 0 spiro atoms. The van der Waals surface area contributed by atoms with Gasteiger partial charge in [0, 0.05) is 6.92 Å². The Hall–Kier alpha value is -1.68. The molecule has 1 aliphatic carbocycles. The minimum atomic E-state index is -1.07. The van der Waals surface area contributed by atoms with Crippen molar-refractivity contribution in [2.45, 2.75) is 44.8 Å². The fourth-order valence-electron chi connectivity index (χ4n) is 2.79. The number of ketones is 1. The second-order valence-corrected chi connectivity index (χ2v) is 5.23. The van der Waals surface area contributed by atoms with Gasteiger partial charge >= 0.3 is 0 Å². The fourth-order valence-corrected chi connectivity index (χ4v) is 2.79. The Kier molecular flexibility index (Phi) is 3.71. The van der Waals surface area contributed by atoms with Gasteiger partial charge in [-0.2, -0.15) is 0 Å². The molecule has 0 aliphatic heterocycles. The quantitative estimate of drug-likeness (QED) is 0.846. The predicted molar refractivity (Wildman–Crippen MR) is 71.5 cm³/mol. The lowest BCUT2D eigenvalue weighted by molar-refractivity contribution is -0.141. The van der Waals surface area contributed by atoms with Crippen molar-refractivity contribution < 1.29 is 14.7 Å². The maximum absolute atomic E-state index is 12.4. The van der Waals surface area contributed by atoms with Crippen LogP contribution in [0.4, 0.5) is 0 Å². The first-order chi connectivity index (χ1) is 8.95. The van der Waals surface area contributed by atoms with Crippen LogP contribution in [0.2, 0.25) is 0 Å². The zero-order valence-electron chi connectivity index (χ0n) is 11.3. The molecule has 2 N–H and O–H groups in total. The molecule has 1 aromatic carbocycles. The van der Waals surface area contributed by atoms with Gasteiger partial charge in [0.05, 0.1) is 0 Å². The number of rotatable bonds is 2. The lowest BCUT2D eigenvalue weighted by Crippen LogP contribution is -2.57. The number of amides is 1. The van der Waals surface area contributed by atoms with E-state index in [1.165, 1.54) is 6.92 Å². The summed E-state index contributed by atoms with van der Waals surface area (Å²) in [7, 11) is 0. The topological polar surface area (TPSA) is 66.4 Å². The molecule has 1 fully saturated rings. The molecule has 4 nitrogen and oxygen atoms in total. The Morgan fingerprint density at radius 2 is 2.21 bits per heavy atom. The van der Waals surface area contributed by atoms with Crippen molar-refractivity contribution in [1.29, 1.82) is 0 Å². The number of nitrogens with one attached hydrogen (secondary N) is 1. The molecule has 0 radical (unpaired) electrons. The number of aliphatic hydroxyl groups excluding tert-OH is 1. The molecule has 1 aromatic rings. The van der Waals surface area contributed by atoms with Gasteiger partial charge in [-0.25, -0.2) is 0 Å². The van der Waals surface area contributed by atoms with Crippen LogP contribution in [-0.4, -0.2) is 22.9 Å². The Morgan fingerprint density at radius 1 is 1.47 bits per heavy atom. The molecule has 1 amide bonds. The van der Waals surface area contributed by atoms with Crippen LogP contribution >= 0.6 is 0 Å². The van der Waals surface area contributed by atoms with Gasteiger partial charge < -0.3 is 10.4 Å². The van der Waals surface area contributed by atoms with Gasteiger partial charge in [-0.3, -0.25) is 9.59 Å². The molecular weight excluding hydrogens is 242 g/mol. The van der Waals surface area contributed by atoms with E-state index in [1.807, 2.05) is 31.2 Å². The first-order valence-corrected chi connectivity index (χ1v) is 6.54. The molecule has 1 saturated carbocycles. The molecule has 2 unspecified atom stereocenters. The third kappa shape index (κ3) is 2.54. The maximum atomic E-state index is 12.4. The second-order valence-electron chi connectivity index (χ2n) is 5.23. The van der Waals surface area contributed by atoms with Crippen LogP contribution in [0, 0.1) is 6.92 Å². The van der Waals surface area contributed by atoms with Gasteiger partial charge in [0.15, 0.2) is 5.78 Å². The van der Waals surface area contributed by atoms with Gasteiger partial charge in [-0.15, -0.1) is 0 Å². The summed E-state index contributed by atoms with van der Waals surface area (Å²) in [5.41, 5.74) is 0.705. The number of Topliss-reactive ketones (excluding diaryl/α,β-unsaturated/α-hetero) is 1. The first-order valence-electron chi connectivity index (χ1n) is 6.54. The maximum Gasteiger partial charge on any atom is 0.217 e. The summed E-state index contributed by atoms with van der Waals surface area (Å²) in [5.74, 6) is -0.566. The molecule has 2 atom stereocenters. The summed E-state index contributed by atoms with van der Waals surface area (Å²) in [6.45, 7) is 3.33. The largest absolute Gasteiger partial charge is 0.385 e. The van der Waals surface area contributed by atoms with Gasteiger partial charge in [0.2, 0.25) is 5.91 Å². The highest BCUT2D eigenvalue weighted by Crippen LogP contribution is 2.35. The Morgan fingerprint density at radius 3 is 2.84 bits per heavy atom. The summed E-state index contributed by atoms with van der Waals surface area (Å²) in [4.78, 5) is 23.9. The van der Waals surface area contributed by atoms with E-state index < -0.39 is 11.6 Å². The zero-order valence-corrected chi connectivity index (χ0v) is 11.3. The lowest BCUT2D eigenvalue weighted by atomic mass is 9.74. The molecule has 102 valence electrons. The normalized spacial score (nSPS) is 27.1. The van der Waals surface area contributed by atoms with Crippen molar-refractivity contribution in [2.24, 2.45) is 0 Å². The van der Waals surface area contributed by atoms with Crippen molar-refractivity contribution in [3.63, 3.8) is 0 Å². The van der Waals surface area contributed by atoms with E-state index in [4.69, 9.17) is 0 Å². The van der Waals surface area contributed by atoms with E-state index in [0.29, 0.717) is 19.3 Å². The molecule has 0 heterocycles. The summed E-state index contributed by atoms with van der Waals surface area (Å²) < 4.78 is 0.